The molecule has 0 radical (unpaired) electrons. The molecule has 0 bridgehead atoms. The van der Waals surface area contributed by atoms with Gasteiger partial charge in [0.25, 0.3) is 0 Å². The van der Waals surface area contributed by atoms with Gasteiger partial charge in [0.15, 0.2) is 0 Å². The largest absolute Gasteiger partial charge is 0.507 e. The van der Waals surface area contributed by atoms with E-state index in [1.807, 2.05) is 0 Å². The maximum Gasteiger partial charge on any atom is 0.507 e. The molecule has 0 aromatic rings. The Kier molecular flexibility index (Phi) is 113. The van der Waals surface area contributed by atoms with Crippen molar-refractivity contribution in [2.45, 2.75) is 44.1 Å². The maximum atomic E-state index is 9.97. The molecule has 0 aliphatic rings. The van der Waals surface area contributed by atoms with Crippen LogP contribution in [0.1, 0.15) is 44.1 Å². The third kappa shape index (κ3) is 34.8. The van der Waals surface area contributed by atoms with Gasteiger partial charge >= 0.3 is 6.16 Å². The number of rotatable bonds is 1. The monoisotopic (exact) mass is 184 g/mol. The maximum absolute atomic E-state index is 9.97. The highest BCUT2D eigenvalue weighted by atomic mass is 16.7. The van der Waals surface area contributed by atoms with E-state index in [0.29, 0.717) is 6.61 Å². The second kappa shape index (κ2) is 31.8. The van der Waals surface area contributed by atoms with Gasteiger partial charge in [-0.3, -0.25) is 0 Å². The molecule has 0 saturated heterocycles. The van der Waals surface area contributed by atoms with Gasteiger partial charge in [-0.1, -0.05) is 37.1 Å². The lowest BCUT2D eigenvalue weighted by molar-refractivity contribution is 0.0771. The molecule has 0 aromatic heterocycles. The summed E-state index contributed by atoms with van der Waals surface area (Å²) in [5, 5.41) is 0. The second-order valence-electron chi connectivity index (χ2n) is 0.887. The van der Waals surface area contributed by atoms with Crippen LogP contribution in [0.25, 0.3) is 0 Å². The quantitative estimate of drug-likeness (QED) is 0.578. The molecule has 0 spiro atoms. The third-order valence-electron chi connectivity index (χ3n) is 0.429. The zero-order valence-corrected chi connectivity index (χ0v) is 4.43. The molecular formula is C9H28O3. The summed E-state index contributed by atoms with van der Waals surface area (Å²) in [6.45, 7) is 2.09. The number of hydrogen-bond donors (Lipinski definition) is 0. The van der Waals surface area contributed by atoms with Gasteiger partial charge in [0, 0.05) is 0 Å². The smallest absolute Gasteiger partial charge is 0.438 e. The van der Waals surface area contributed by atoms with Crippen LogP contribution in [0.2, 0.25) is 0 Å². The minimum Gasteiger partial charge on any atom is -0.438 e. The molecular weight excluding hydrogens is 156 g/mol. The molecule has 0 N–H and O–H groups in total. The Balaban J connectivity index is -0.0000000180. The van der Waals surface area contributed by atoms with Crippen LogP contribution in [0.4, 0.5) is 4.79 Å². The minimum absolute atomic E-state index is 0. The van der Waals surface area contributed by atoms with Gasteiger partial charge in [-0.15, -0.1) is 0 Å². The molecule has 0 aliphatic heterocycles. The Labute approximate surface area is 79.1 Å². The lowest BCUT2D eigenvalue weighted by atomic mass is 10.9. The number of carbonyl (C=O) groups excluding carboxylic acids is 1. The second-order valence-corrected chi connectivity index (χ2v) is 0.887. The standard InChI is InChI=1S/C4H8O3.5CH4/c1-3-7-4(5)6-2;;;;;/h3H2,1-2H3;5*1H4. The van der Waals surface area contributed by atoms with Crippen LogP contribution in [0.3, 0.4) is 0 Å². The van der Waals surface area contributed by atoms with Crippen molar-refractivity contribution in [1.29, 1.82) is 0 Å². The first kappa shape index (κ1) is 42.8. The Hall–Kier alpha value is -0.730. The van der Waals surface area contributed by atoms with Gasteiger partial charge in [-0.2, -0.15) is 0 Å². The molecule has 12 heavy (non-hydrogen) atoms. The van der Waals surface area contributed by atoms with E-state index < -0.39 is 6.16 Å². The van der Waals surface area contributed by atoms with Crippen molar-refractivity contribution < 1.29 is 14.3 Å². The van der Waals surface area contributed by atoms with E-state index in [4.69, 9.17) is 0 Å². The lowest BCUT2D eigenvalue weighted by Gasteiger charge is -1.94. The fourth-order valence-electron chi connectivity index (χ4n) is 0.177. The fourth-order valence-corrected chi connectivity index (χ4v) is 0.177. The topological polar surface area (TPSA) is 35.5 Å². The molecule has 0 aromatic carbocycles. The van der Waals surface area contributed by atoms with E-state index >= 15 is 0 Å². The Morgan fingerprint density at radius 1 is 1.08 bits per heavy atom. The molecule has 0 saturated carbocycles. The normalized spacial score (nSPS) is 4.50. The van der Waals surface area contributed by atoms with Gasteiger partial charge in [0.05, 0.1) is 13.7 Å². The van der Waals surface area contributed by atoms with Gasteiger partial charge in [-0.05, 0) is 6.92 Å². The first-order chi connectivity index (χ1) is 3.31. The highest BCUT2D eigenvalue weighted by Gasteiger charge is 1.92. The van der Waals surface area contributed by atoms with Crippen molar-refractivity contribution in [3.05, 3.63) is 0 Å². The summed E-state index contributed by atoms with van der Waals surface area (Å²) in [6.07, 6.45) is -0.623. The molecule has 0 fully saturated rings. The van der Waals surface area contributed by atoms with Crippen LogP contribution in [-0.2, 0) is 9.47 Å². The third-order valence-corrected chi connectivity index (χ3v) is 0.429. The zero-order valence-electron chi connectivity index (χ0n) is 4.43. The van der Waals surface area contributed by atoms with Gasteiger partial charge < -0.3 is 9.47 Å². The molecule has 0 rings (SSSR count). The number of methoxy groups -OCH3 is 1. The van der Waals surface area contributed by atoms with Crippen molar-refractivity contribution in [2.24, 2.45) is 0 Å². The van der Waals surface area contributed by atoms with Crippen molar-refractivity contribution in [2.75, 3.05) is 13.7 Å². The minimum atomic E-state index is -0.623. The zero-order chi connectivity index (χ0) is 5.70. The number of carbonyl (C=O) groups is 1. The number of ether oxygens (including phenoxy) is 2. The van der Waals surface area contributed by atoms with Crippen LogP contribution >= 0.6 is 0 Å². The Morgan fingerprint density at radius 3 is 1.50 bits per heavy atom. The van der Waals surface area contributed by atoms with Crippen LogP contribution < -0.4 is 0 Å². The molecule has 0 aliphatic carbocycles. The van der Waals surface area contributed by atoms with E-state index in [-0.39, 0.29) is 37.1 Å². The Bertz CT molecular complexity index is 62.8. The molecule has 0 unspecified atom stereocenters. The van der Waals surface area contributed by atoms with Gasteiger partial charge in [0.2, 0.25) is 0 Å². The highest BCUT2D eigenvalue weighted by Crippen LogP contribution is 1.77. The van der Waals surface area contributed by atoms with Crippen LogP contribution in [-0.4, -0.2) is 19.9 Å². The number of hydrogen-bond acceptors (Lipinski definition) is 3. The van der Waals surface area contributed by atoms with E-state index in [1.54, 1.807) is 6.92 Å². The van der Waals surface area contributed by atoms with E-state index in [9.17, 15) is 4.79 Å². The van der Waals surface area contributed by atoms with E-state index in [1.165, 1.54) is 7.11 Å². The average Bonchev–Trinajstić information content (AvgIpc) is 1.68. The lowest BCUT2D eigenvalue weighted by Crippen LogP contribution is -2.02. The van der Waals surface area contributed by atoms with Gasteiger partial charge in [-0.25, -0.2) is 4.79 Å². The first-order valence-corrected chi connectivity index (χ1v) is 2.02. The summed E-state index contributed by atoms with van der Waals surface area (Å²) in [5.41, 5.74) is 0. The summed E-state index contributed by atoms with van der Waals surface area (Å²) in [5.74, 6) is 0. The first-order valence-electron chi connectivity index (χ1n) is 2.02. The fraction of sp³-hybridized carbons (Fsp3) is 0.889. The summed E-state index contributed by atoms with van der Waals surface area (Å²) in [6, 6.07) is 0. The molecule has 0 heterocycles. The van der Waals surface area contributed by atoms with E-state index in [2.05, 4.69) is 9.47 Å². The Morgan fingerprint density at radius 2 is 1.42 bits per heavy atom. The van der Waals surface area contributed by atoms with Crippen LogP contribution in [0, 0.1) is 0 Å². The van der Waals surface area contributed by atoms with Crippen LogP contribution in [0.15, 0.2) is 0 Å². The predicted molar refractivity (Wildman–Crippen MR) is 57.7 cm³/mol. The summed E-state index contributed by atoms with van der Waals surface area (Å²) in [7, 11) is 1.28. The molecule has 82 valence electrons. The summed E-state index contributed by atoms with van der Waals surface area (Å²) >= 11 is 0. The predicted octanol–water partition coefficient (Wildman–Crippen LogP) is 3.97. The molecule has 0 amide bonds. The van der Waals surface area contributed by atoms with Crippen molar-refractivity contribution >= 4 is 6.16 Å². The van der Waals surface area contributed by atoms with E-state index in [0.717, 1.165) is 0 Å². The summed E-state index contributed by atoms with van der Waals surface area (Å²) < 4.78 is 8.46. The average molecular weight is 184 g/mol. The van der Waals surface area contributed by atoms with Crippen molar-refractivity contribution in [1.82, 2.24) is 0 Å². The van der Waals surface area contributed by atoms with Gasteiger partial charge in [0.1, 0.15) is 0 Å². The summed E-state index contributed by atoms with van der Waals surface area (Å²) in [4.78, 5) is 9.97. The van der Waals surface area contributed by atoms with Crippen molar-refractivity contribution in [3.8, 4) is 0 Å². The SMILES string of the molecule is C.C.C.C.C.CCOC(=O)OC. The molecule has 3 nitrogen and oxygen atoms in total. The molecule has 0 atom stereocenters. The molecule has 3 heteroatoms. The van der Waals surface area contributed by atoms with Crippen LogP contribution in [0.5, 0.6) is 0 Å². The highest BCUT2D eigenvalue weighted by molar-refractivity contribution is 5.59. The van der Waals surface area contributed by atoms with Crippen molar-refractivity contribution in [3.63, 3.8) is 0 Å².